The summed E-state index contributed by atoms with van der Waals surface area (Å²) in [6, 6.07) is 6.99. The minimum absolute atomic E-state index is 0.132. The fraction of sp³-hybridized carbons (Fsp3) is 0.407. The molecule has 7 nitrogen and oxygen atoms in total. The lowest BCUT2D eigenvalue weighted by Gasteiger charge is -2.49. The normalized spacial score (nSPS) is 18.2. The number of anilines is 1. The van der Waals surface area contributed by atoms with E-state index in [-0.39, 0.29) is 27.8 Å². The Morgan fingerprint density at radius 1 is 1.11 bits per heavy atom. The molecule has 3 N–H and O–H groups in total. The van der Waals surface area contributed by atoms with Crippen molar-refractivity contribution in [3.63, 3.8) is 0 Å². The molecule has 2 aliphatic rings. The van der Waals surface area contributed by atoms with Gasteiger partial charge in [0.25, 0.3) is 5.91 Å². The van der Waals surface area contributed by atoms with Crippen LogP contribution in [0.2, 0.25) is 10.0 Å². The molecule has 1 unspecified atom stereocenters. The van der Waals surface area contributed by atoms with Gasteiger partial charge in [-0.05, 0) is 43.2 Å². The van der Waals surface area contributed by atoms with Crippen molar-refractivity contribution in [3.8, 4) is 0 Å². The highest BCUT2D eigenvalue weighted by Crippen LogP contribution is 2.54. The third-order valence-corrected chi connectivity index (χ3v) is 8.80. The first-order chi connectivity index (χ1) is 17.7. The van der Waals surface area contributed by atoms with Gasteiger partial charge in [-0.15, -0.1) is 11.8 Å². The zero-order valence-corrected chi connectivity index (χ0v) is 23.0. The average Bonchev–Trinajstić information content (AvgIpc) is 2.89. The Morgan fingerprint density at radius 3 is 2.27 bits per heavy atom. The number of hydrogen-bond donors (Lipinski definition) is 3. The standard InChI is InChI=1S/C27H29Cl2N3O4S/c1-3-27(25(35)36,32-22-21(37-2)23(33)26(22)11-5-4-6-12-26)13-16-7-9-17(10-8-16)31-24(34)20-18(28)14-30-15-19(20)29/h7-10,14-15,32H,3-6,11-13H2,1-2H3,(H,31,34)(H,35,36). The maximum Gasteiger partial charge on any atom is 0.329 e. The number of rotatable bonds is 9. The van der Waals surface area contributed by atoms with Gasteiger partial charge < -0.3 is 15.7 Å². The van der Waals surface area contributed by atoms with Crippen LogP contribution in [0.5, 0.6) is 0 Å². The van der Waals surface area contributed by atoms with E-state index in [4.69, 9.17) is 23.2 Å². The minimum Gasteiger partial charge on any atom is -0.479 e. The monoisotopic (exact) mass is 561 g/mol. The first-order valence-electron chi connectivity index (χ1n) is 12.2. The molecule has 1 atom stereocenters. The van der Waals surface area contributed by atoms with Crippen molar-refractivity contribution < 1.29 is 19.5 Å². The second-order valence-corrected chi connectivity index (χ2v) is 11.2. The molecule has 2 aromatic rings. The number of carboxylic acids is 1. The van der Waals surface area contributed by atoms with Gasteiger partial charge in [-0.2, -0.15) is 0 Å². The largest absolute Gasteiger partial charge is 0.479 e. The van der Waals surface area contributed by atoms with Crippen LogP contribution >= 0.6 is 35.0 Å². The highest BCUT2D eigenvalue weighted by Gasteiger charge is 2.56. The zero-order chi connectivity index (χ0) is 26.8. The number of Topliss-reactive ketones (excluding diaryl/α,β-unsaturated/α-hetero) is 1. The maximum atomic E-state index is 13.0. The van der Waals surface area contributed by atoms with E-state index in [2.05, 4.69) is 15.6 Å². The second kappa shape index (κ2) is 11.1. The number of ketones is 1. The molecule has 1 spiro atoms. The van der Waals surface area contributed by atoms with Gasteiger partial charge in [0, 0.05) is 30.2 Å². The molecule has 1 aromatic heterocycles. The van der Waals surface area contributed by atoms with Crippen LogP contribution in [0.4, 0.5) is 5.69 Å². The molecule has 1 saturated carbocycles. The number of carbonyl (C=O) groups is 3. The van der Waals surface area contributed by atoms with Gasteiger partial charge in [0.2, 0.25) is 0 Å². The number of aliphatic carboxylic acids is 1. The summed E-state index contributed by atoms with van der Waals surface area (Å²) in [6.07, 6.45) is 9.64. The Morgan fingerprint density at radius 2 is 1.73 bits per heavy atom. The number of carbonyl (C=O) groups excluding carboxylic acids is 2. The van der Waals surface area contributed by atoms with Crippen molar-refractivity contribution >= 4 is 58.3 Å². The predicted octanol–water partition coefficient (Wildman–Crippen LogP) is 6.11. The molecule has 0 saturated heterocycles. The summed E-state index contributed by atoms with van der Waals surface area (Å²) in [7, 11) is 0. The molecule has 1 aromatic carbocycles. The fourth-order valence-corrected chi connectivity index (χ4v) is 6.62. The van der Waals surface area contributed by atoms with Crippen LogP contribution in [0, 0.1) is 5.41 Å². The van der Waals surface area contributed by atoms with Crippen molar-refractivity contribution in [2.45, 2.75) is 57.4 Å². The number of pyridine rings is 1. The highest BCUT2D eigenvalue weighted by molar-refractivity contribution is 8.03. The van der Waals surface area contributed by atoms with Crippen LogP contribution in [0.1, 0.15) is 61.4 Å². The Labute approximate surface area is 230 Å². The highest BCUT2D eigenvalue weighted by atomic mass is 35.5. The third kappa shape index (κ3) is 5.11. The minimum atomic E-state index is -1.27. The number of thioether (sulfide) groups is 1. The van der Waals surface area contributed by atoms with Gasteiger partial charge in [0.05, 0.1) is 25.9 Å². The Hall–Kier alpha value is -2.55. The van der Waals surface area contributed by atoms with Crippen LogP contribution in [-0.2, 0) is 16.0 Å². The molecule has 1 fully saturated rings. The lowest BCUT2D eigenvalue weighted by atomic mass is 9.61. The number of benzene rings is 1. The van der Waals surface area contributed by atoms with Crippen LogP contribution in [0.25, 0.3) is 0 Å². The summed E-state index contributed by atoms with van der Waals surface area (Å²) < 4.78 is 0. The molecule has 0 radical (unpaired) electrons. The molecule has 1 amide bonds. The van der Waals surface area contributed by atoms with Gasteiger partial charge >= 0.3 is 5.97 Å². The van der Waals surface area contributed by atoms with Crippen LogP contribution in [0.15, 0.2) is 47.3 Å². The number of aromatic nitrogens is 1. The smallest absolute Gasteiger partial charge is 0.329 e. The summed E-state index contributed by atoms with van der Waals surface area (Å²) in [4.78, 5) is 42.8. The number of hydrogen-bond acceptors (Lipinski definition) is 6. The van der Waals surface area contributed by atoms with Gasteiger partial charge in [-0.1, -0.05) is 61.5 Å². The van der Waals surface area contributed by atoms with Crippen molar-refractivity contribution in [3.05, 3.63) is 68.4 Å². The number of halogens is 2. The molecule has 1 heterocycles. The summed E-state index contributed by atoms with van der Waals surface area (Å²) >= 11 is 13.5. The van der Waals surface area contributed by atoms with Crippen LogP contribution < -0.4 is 10.6 Å². The topological polar surface area (TPSA) is 108 Å². The lowest BCUT2D eigenvalue weighted by molar-refractivity contribution is -0.145. The number of nitrogens with one attached hydrogen (secondary N) is 2. The van der Waals surface area contributed by atoms with Gasteiger partial charge in [-0.3, -0.25) is 14.6 Å². The number of nitrogens with zero attached hydrogens (tertiary/aromatic N) is 1. The zero-order valence-electron chi connectivity index (χ0n) is 20.7. The molecular formula is C27H29Cl2N3O4S. The van der Waals surface area contributed by atoms with Crippen molar-refractivity contribution in [2.75, 3.05) is 11.6 Å². The Bertz CT molecular complexity index is 1240. The first kappa shape index (κ1) is 27.5. The molecule has 2 aliphatic carbocycles. The van der Waals surface area contributed by atoms with Crippen molar-refractivity contribution in [1.29, 1.82) is 0 Å². The molecule has 37 heavy (non-hydrogen) atoms. The number of amides is 1. The van der Waals surface area contributed by atoms with Gasteiger partial charge in [0.15, 0.2) is 5.78 Å². The Kier molecular flexibility index (Phi) is 8.21. The summed E-state index contributed by atoms with van der Waals surface area (Å²) in [5.41, 5.74) is 0.377. The predicted molar refractivity (Wildman–Crippen MR) is 147 cm³/mol. The van der Waals surface area contributed by atoms with E-state index < -0.39 is 22.8 Å². The van der Waals surface area contributed by atoms with E-state index in [1.54, 1.807) is 24.3 Å². The number of carboxylic acid groups (broad SMARTS) is 1. The van der Waals surface area contributed by atoms with Crippen LogP contribution in [0.3, 0.4) is 0 Å². The lowest BCUT2D eigenvalue weighted by Crippen LogP contribution is -2.60. The Balaban J connectivity index is 1.55. The molecule has 196 valence electrons. The van der Waals surface area contributed by atoms with Gasteiger partial charge in [-0.25, -0.2) is 4.79 Å². The van der Waals surface area contributed by atoms with E-state index in [0.717, 1.165) is 43.4 Å². The van der Waals surface area contributed by atoms with E-state index in [1.807, 2.05) is 13.2 Å². The summed E-state index contributed by atoms with van der Waals surface area (Å²) in [6.45, 7) is 1.84. The van der Waals surface area contributed by atoms with E-state index in [0.29, 0.717) is 17.0 Å². The molecular weight excluding hydrogens is 533 g/mol. The number of allylic oxidation sites excluding steroid dienone is 2. The fourth-order valence-electron chi connectivity index (χ4n) is 5.26. The quantitative estimate of drug-likeness (QED) is 0.338. The van der Waals surface area contributed by atoms with Crippen molar-refractivity contribution in [1.82, 2.24) is 10.3 Å². The van der Waals surface area contributed by atoms with E-state index in [9.17, 15) is 19.5 Å². The second-order valence-electron chi connectivity index (χ2n) is 9.55. The van der Waals surface area contributed by atoms with Crippen molar-refractivity contribution in [2.24, 2.45) is 5.41 Å². The van der Waals surface area contributed by atoms with Crippen LogP contribution in [-0.4, -0.2) is 39.5 Å². The first-order valence-corrected chi connectivity index (χ1v) is 14.2. The molecule has 0 bridgehead atoms. The maximum absolute atomic E-state index is 13.0. The average molecular weight is 563 g/mol. The SMILES string of the molecule is CCC(Cc1ccc(NC(=O)c2c(Cl)cncc2Cl)cc1)(NC1=C(SC)C(=O)C12CCCCC2)C(=O)O. The van der Waals surface area contributed by atoms with Gasteiger partial charge in [0.1, 0.15) is 5.54 Å². The molecule has 0 aliphatic heterocycles. The molecule has 10 heteroatoms. The molecule has 4 rings (SSSR count). The third-order valence-electron chi connectivity index (χ3n) is 7.43. The summed E-state index contributed by atoms with van der Waals surface area (Å²) in [5, 5.41) is 16.8. The van der Waals surface area contributed by atoms with E-state index in [1.165, 1.54) is 24.2 Å². The van der Waals surface area contributed by atoms with E-state index >= 15 is 0 Å². The summed E-state index contributed by atoms with van der Waals surface area (Å²) in [5.74, 6) is -1.29.